The summed E-state index contributed by atoms with van der Waals surface area (Å²) in [6.45, 7) is 0. The summed E-state index contributed by atoms with van der Waals surface area (Å²) in [5.74, 6) is 0. The van der Waals surface area contributed by atoms with Crippen LogP contribution in [-0.2, 0) is 27.7 Å². The average Bonchev–Trinajstić information content (AvgIpc) is 1.91. The Kier molecular flexibility index (Phi) is 3.22. The number of rotatable bonds is 2. The van der Waals surface area contributed by atoms with Gasteiger partial charge < -0.3 is 0 Å². The molecule has 0 aliphatic rings. The van der Waals surface area contributed by atoms with Gasteiger partial charge in [0.05, 0.1) is 0 Å². The molecule has 1 rings (SSSR count). The quantitative estimate of drug-likeness (QED) is 0.740. The third-order valence-electron chi connectivity index (χ3n) is 1.15. The van der Waals surface area contributed by atoms with Crippen LogP contribution < -0.4 is 3.07 Å². The third kappa shape index (κ3) is 2.46. The van der Waals surface area contributed by atoms with Crippen molar-refractivity contribution in [3.05, 3.63) is 30.3 Å². The van der Waals surface area contributed by atoms with Crippen LogP contribution in [0.15, 0.2) is 30.3 Å². The zero-order valence-corrected chi connectivity index (χ0v) is 11.0. The van der Waals surface area contributed by atoms with Crippen LogP contribution in [0.3, 0.4) is 0 Å². The van der Waals surface area contributed by atoms with Gasteiger partial charge in [-0.15, -0.1) is 0 Å². The van der Waals surface area contributed by atoms with E-state index in [0.29, 0.717) is 0 Å². The van der Waals surface area contributed by atoms with Gasteiger partial charge in [-0.3, -0.25) is 0 Å². The molecule has 0 aromatic heterocycles. The van der Waals surface area contributed by atoms with Gasteiger partial charge in [0.1, 0.15) is 0 Å². The van der Waals surface area contributed by atoms with E-state index in [1.165, 1.54) is 3.07 Å². The molecule has 1 aromatic carbocycles. The molecule has 0 aliphatic carbocycles. The Morgan fingerprint density at radius 2 is 1.89 bits per heavy atom. The van der Waals surface area contributed by atoms with Crippen molar-refractivity contribution in [3.63, 3.8) is 0 Å². The summed E-state index contributed by atoms with van der Waals surface area (Å²) in [5, 5.41) is 0. The molecule has 0 saturated carbocycles. The van der Waals surface area contributed by atoms with Crippen LogP contribution in [0.25, 0.3) is 0 Å². The molecule has 9 heavy (non-hydrogen) atoms. The Balaban J connectivity index is 2.61. The fourth-order valence-electron chi connectivity index (χ4n) is 0.741. The standard InChI is InChI=1S/C6H5.CH3O.Hg/c1-2-4-6-5-3-1;1-2;/h1-5H;1H3;/q;-1;+1. The molecule has 0 N–H and O–H groups in total. The monoisotopic (exact) mass is 310 g/mol. The predicted octanol–water partition coefficient (Wildman–Crippen LogP) is 0.956. The second-order valence-electron chi connectivity index (χ2n) is 1.92. The Morgan fingerprint density at radius 3 is 2.44 bits per heavy atom. The van der Waals surface area contributed by atoms with Crippen molar-refractivity contribution in [2.45, 2.75) is 0 Å². The normalized spacial score (nSPS) is 8.56. The molecule has 0 spiro atoms. The fraction of sp³-hybridized carbons (Fsp3) is 0.143. The molecular weight excluding hydrogens is 301 g/mol. The van der Waals surface area contributed by atoms with Crippen molar-refractivity contribution in [3.8, 4) is 0 Å². The van der Waals surface area contributed by atoms with E-state index in [0.717, 1.165) is 0 Å². The van der Waals surface area contributed by atoms with Crippen molar-refractivity contribution < 1.29 is 27.7 Å². The Labute approximate surface area is 68.1 Å². The van der Waals surface area contributed by atoms with Crippen LogP contribution in [0, 0.1) is 0 Å². The molecule has 0 atom stereocenters. The summed E-state index contributed by atoms with van der Waals surface area (Å²) in [6.07, 6.45) is 0. The van der Waals surface area contributed by atoms with E-state index in [4.69, 9.17) is 2.64 Å². The van der Waals surface area contributed by atoms with Crippen LogP contribution >= 0.6 is 0 Å². The van der Waals surface area contributed by atoms with Crippen molar-refractivity contribution >= 4 is 3.07 Å². The first kappa shape index (κ1) is 7.22. The summed E-state index contributed by atoms with van der Waals surface area (Å²) in [5.41, 5.74) is 0. The summed E-state index contributed by atoms with van der Waals surface area (Å²) in [6, 6.07) is 10.5. The van der Waals surface area contributed by atoms with Gasteiger partial charge in [0, 0.05) is 0 Å². The van der Waals surface area contributed by atoms with Gasteiger partial charge in [0.15, 0.2) is 0 Å². The van der Waals surface area contributed by atoms with E-state index in [2.05, 4.69) is 24.3 Å². The Morgan fingerprint density at radius 1 is 1.22 bits per heavy atom. The molecule has 0 heterocycles. The van der Waals surface area contributed by atoms with Gasteiger partial charge in [-0.05, 0) is 0 Å². The molecule has 1 nitrogen and oxygen atoms in total. The zero-order chi connectivity index (χ0) is 6.53. The first-order valence-corrected chi connectivity index (χ1v) is 7.95. The van der Waals surface area contributed by atoms with Crippen LogP contribution in [0.1, 0.15) is 0 Å². The van der Waals surface area contributed by atoms with Crippen molar-refractivity contribution in [1.29, 1.82) is 0 Å². The van der Waals surface area contributed by atoms with Gasteiger partial charge in [-0.1, -0.05) is 0 Å². The number of hydrogen-bond donors (Lipinski definition) is 0. The van der Waals surface area contributed by atoms with E-state index in [1.54, 1.807) is 7.11 Å². The minimum absolute atomic E-state index is 1.07. The van der Waals surface area contributed by atoms with Crippen molar-refractivity contribution in [1.82, 2.24) is 0 Å². The zero-order valence-electron chi connectivity index (χ0n) is 5.50. The Bertz CT molecular complexity index is 162. The Hall–Kier alpha value is 0.115. The van der Waals surface area contributed by atoms with E-state index in [-0.39, 0.29) is 0 Å². The van der Waals surface area contributed by atoms with Gasteiger partial charge >= 0.3 is 68.2 Å². The van der Waals surface area contributed by atoms with Crippen molar-refractivity contribution in [2.24, 2.45) is 0 Å². The van der Waals surface area contributed by atoms with E-state index < -0.39 is 25.0 Å². The molecular formula is C7H8HgO. The third-order valence-corrected chi connectivity index (χ3v) is 5.40. The summed E-state index contributed by atoms with van der Waals surface area (Å²) in [4.78, 5) is 0. The van der Waals surface area contributed by atoms with Gasteiger partial charge in [0.25, 0.3) is 0 Å². The first-order valence-electron chi connectivity index (χ1n) is 2.96. The second-order valence-corrected chi connectivity index (χ2v) is 8.46. The van der Waals surface area contributed by atoms with Gasteiger partial charge in [-0.2, -0.15) is 0 Å². The molecule has 0 fully saturated rings. The molecule has 1 aromatic rings. The molecule has 0 bridgehead atoms. The van der Waals surface area contributed by atoms with Crippen LogP contribution in [0.4, 0.5) is 0 Å². The molecule has 44 valence electrons. The van der Waals surface area contributed by atoms with Gasteiger partial charge in [-0.25, -0.2) is 0 Å². The first-order chi connectivity index (χ1) is 4.43. The molecule has 0 amide bonds. The summed E-state index contributed by atoms with van der Waals surface area (Å²) in [7, 11) is 1.80. The van der Waals surface area contributed by atoms with Gasteiger partial charge in [0.2, 0.25) is 0 Å². The maximum atomic E-state index is 5.15. The molecule has 2 heteroatoms. The predicted molar refractivity (Wildman–Crippen MR) is 33.1 cm³/mol. The van der Waals surface area contributed by atoms with Crippen LogP contribution in [-0.4, -0.2) is 7.11 Å². The SMILES string of the molecule is C[O][Hg][c]1ccccc1. The van der Waals surface area contributed by atoms with Crippen LogP contribution in [0.5, 0.6) is 0 Å². The van der Waals surface area contributed by atoms with E-state index in [9.17, 15) is 0 Å². The van der Waals surface area contributed by atoms with E-state index >= 15 is 0 Å². The summed E-state index contributed by atoms with van der Waals surface area (Å²) >= 11 is -1.07. The molecule has 0 unspecified atom stereocenters. The summed E-state index contributed by atoms with van der Waals surface area (Å²) < 4.78 is 6.59. The maximum absolute atomic E-state index is 5.15. The van der Waals surface area contributed by atoms with Crippen LogP contribution in [0.2, 0.25) is 0 Å². The van der Waals surface area contributed by atoms with E-state index in [1.807, 2.05) is 6.07 Å². The number of benzene rings is 1. The fourth-order valence-corrected chi connectivity index (χ4v) is 3.84. The minimum atomic E-state index is -1.07. The number of hydrogen-bond acceptors (Lipinski definition) is 1. The molecule has 0 aliphatic heterocycles. The molecule has 0 radical (unpaired) electrons. The second kappa shape index (κ2) is 4.02. The average molecular weight is 309 g/mol. The topological polar surface area (TPSA) is 9.23 Å². The molecule has 0 saturated heterocycles. The van der Waals surface area contributed by atoms with Crippen molar-refractivity contribution in [2.75, 3.05) is 7.11 Å².